The summed E-state index contributed by atoms with van der Waals surface area (Å²) in [4.78, 5) is 31.2. The van der Waals surface area contributed by atoms with Gasteiger partial charge in [-0.2, -0.15) is 5.10 Å². The first-order valence-electron chi connectivity index (χ1n) is 8.29. The van der Waals surface area contributed by atoms with Crippen LogP contribution in [0.1, 0.15) is 21.0 Å². The Balaban J connectivity index is 1.47. The van der Waals surface area contributed by atoms with Crippen molar-refractivity contribution in [2.45, 2.75) is 0 Å². The van der Waals surface area contributed by atoms with E-state index >= 15 is 0 Å². The third-order valence-corrected chi connectivity index (χ3v) is 4.71. The Labute approximate surface area is 163 Å². The van der Waals surface area contributed by atoms with Gasteiger partial charge in [-0.3, -0.25) is 10.1 Å². The van der Waals surface area contributed by atoms with Crippen molar-refractivity contribution >= 4 is 28.3 Å². The van der Waals surface area contributed by atoms with Crippen LogP contribution in [0.15, 0.2) is 60.2 Å². The number of benzene rings is 1. The Morgan fingerprint density at radius 1 is 1.21 bits per heavy atom. The van der Waals surface area contributed by atoms with Gasteiger partial charge in [0.1, 0.15) is 5.69 Å². The minimum Gasteiger partial charge on any atom is -0.464 e. The molecule has 0 aliphatic heterocycles. The number of methoxy groups -OCH3 is 1. The molecule has 4 aromatic rings. The molecule has 0 spiro atoms. The summed E-state index contributed by atoms with van der Waals surface area (Å²) in [5, 5.41) is 9.28. The molecule has 0 fully saturated rings. The van der Waals surface area contributed by atoms with Gasteiger partial charge in [0.2, 0.25) is 0 Å². The van der Waals surface area contributed by atoms with E-state index < -0.39 is 5.97 Å². The molecule has 9 heteroatoms. The third kappa shape index (κ3) is 3.55. The standard InChI is InChI=1S/C19H15N5O3S/c1-27-18(26)15-9-12(10-20-15)16-11-28-19(21-16)22-17(25)14-7-8-24(23-14)13-5-3-2-4-6-13/h2-11,20H,1H3,(H,21,22,25). The maximum absolute atomic E-state index is 12.4. The molecule has 3 aromatic heterocycles. The maximum Gasteiger partial charge on any atom is 0.354 e. The second kappa shape index (κ2) is 7.49. The number of H-pyrrole nitrogens is 1. The second-order valence-electron chi connectivity index (χ2n) is 5.77. The van der Waals surface area contributed by atoms with Crippen molar-refractivity contribution in [2.75, 3.05) is 12.4 Å². The highest BCUT2D eigenvalue weighted by atomic mass is 32.1. The summed E-state index contributed by atoms with van der Waals surface area (Å²) < 4.78 is 6.31. The molecule has 3 heterocycles. The summed E-state index contributed by atoms with van der Waals surface area (Å²) in [7, 11) is 1.32. The summed E-state index contributed by atoms with van der Waals surface area (Å²) in [6.45, 7) is 0. The highest BCUT2D eigenvalue weighted by Gasteiger charge is 2.15. The van der Waals surface area contributed by atoms with E-state index in [0.29, 0.717) is 16.5 Å². The van der Waals surface area contributed by atoms with Gasteiger partial charge >= 0.3 is 5.97 Å². The van der Waals surface area contributed by atoms with E-state index in [1.807, 2.05) is 30.3 Å². The molecule has 0 saturated heterocycles. The SMILES string of the molecule is COC(=O)c1cc(-c2csc(NC(=O)c3ccn(-c4ccccc4)n3)n2)c[nH]1. The fraction of sp³-hybridized carbons (Fsp3) is 0.0526. The lowest BCUT2D eigenvalue weighted by molar-refractivity contribution is 0.0594. The number of hydrogen-bond acceptors (Lipinski definition) is 6. The van der Waals surface area contributed by atoms with Crippen LogP contribution in [-0.4, -0.2) is 38.7 Å². The zero-order chi connectivity index (χ0) is 19.5. The van der Waals surface area contributed by atoms with Crippen LogP contribution in [0.5, 0.6) is 0 Å². The average molecular weight is 393 g/mol. The molecule has 2 N–H and O–H groups in total. The number of anilines is 1. The Morgan fingerprint density at radius 3 is 2.82 bits per heavy atom. The summed E-state index contributed by atoms with van der Waals surface area (Å²) in [5.41, 5.74) is 2.86. The largest absolute Gasteiger partial charge is 0.464 e. The Morgan fingerprint density at radius 2 is 2.04 bits per heavy atom. The van der Waals surface area contributed by atoms with E-state index in [1.165, 1.54) is 18.4 Å². The number of carbonyl (C=O) groups is 2. The third-order valence-electron chi connectivity index (χ3n) is 3.95. The van der Waals surface area contributed by atoms with Gasteiger partial charge in [-0.25, -0.2) is 14.5 Å². The Kier molecular flexibility index (Phi) is 4.73. The second-order valence-corrected chi connectivity index (χ2v) is 6.62. The lowest BCUT2D eigenvalue weighted by atomic mass is 10.2. The van der Waals surface area contributed by atoms with Crippen LogP contribution in [0.25, 0.3) is 16.9 Å². The van der Waals surface area contributed by atoms with Gasteiger partial charge in [-0.05, 0) is 24.3 Å². The minimum absolute atomic E-state index is 0.287. The molecule has 0 aliphatic carbocycles. The molecule has 28 heavy (non-hydrogen) atoms. The molecule has 0 bridgehead atoms. The van der Waals surface area contributed by atoms with E-state index in [4.69, 9.17) is 0 Å². The van der Waals surface area contributed by atoms with Crippen molar-refractivity contribution in [3.05, 3.63) is 71.6 Å². The van der Waals surface area contributed by atoms with Gasteiger partial charge in [-0.15, -0.1) is 11.3 Å². The highest BCUT2D eigenvalue weighted by molar-refractivity contribution is 7.14. The highest BCUT2D eigenvalue weighted by Crippen LogP contribution is 2.26. The lowest BCUT2D eigenvalue weighted by Crippen LogP contribution is -2.13. The normalized spacial score (nSPS) is 10.6. The van der Waals surface area contributed by atoms with Gasteiger partial charge < -0.3 is 9.72 Å². The summed E-state index contributed by atoms with van der Waals surface area (Å²) >= 11 is 1.29. The van der Waals surface area contributed by atoms with Gasteiger partial charge in [0, 0.05) is 23.3 Å². The van der Waals surface area contributed by atoms with Gasteiger partial charge in [0.15, 0.2) is 10.8 Å². The molecule has 0 saturated carbocycles. The molecular formula is C19H15N5O3S. The summed E-state index contributed by atoms with van der Waals surface area (Å²) in [6, 6.07) is 12.8. The number of amides is 1. The fourth-order valence-electron chi connectivity index (χ4n) is 2.56. The molecule has 8 nitrogen and oxygen atoms in total. The summed E-state index contributed by atoms with van der Waals surface area (Å²) in [6.07, 6.45) is 3.39. The molecule has 140 valence electrons. The van der Waals surface area contributed by atoms with Gasteiger partial charge in [0.05, 0.1) is 18.5 Å². The Bertz CT molecular complexity index is 1130. The van der Waals surface area contributed by atoms with Crippen LogP contribution in [0, 0.1) is 0 Å². The fourth-order valence-corrected chi connectivity index (χ4v) is 3.28. The predicted octanol–water partition coefficient (Wildman–Crippen LogP) is 3.36. The van der Waals surface area contributed by atoms with Crippen LogP contribution < -0.4 is 5.32 Å². The van der Waals surface area contributed by atoms with Crippen molar-refractivity contribution in [1.29, 1.82) is 0 Å². The number of nitrogens with one attached hydrogen (secondary N) is 2. The zero-order valence-corrected chi connectivity index (χ0v) is 15.6. The molecule has 0 atom stereocenters. The van der Waals surface area contributed by atoms with Crippen molar-refractivity contribution < 1.29 is 14.3 Å². The molecule has 0 aliphatic rings. The molecule has 0 unspecified atom stereocenters. The smallest absolute Gasteiger partial charge is 0.354 e. The number of ether oxygens (including phenoxy) is 1. The number of para-hydroxylation sites is 1. The van der Waals surface area contributed by atoms with Gasteiger partial charge in [-0.1, -0.05) is 18.2 Å². The molecular weight excluding hydrogens is 378 g/mol. The number of rotatable bonds is 5. The lowest BCUT2D eigenvalue weighted by Gasteiger charge is -2.00. The number of thiazole rings is 1. The topological polar surface area (TPSA) is 102 Å². The van der Waals surface area contributed by atoms with Crippen molar-refractivity contribution in [2.24, 2.45) is 0 Å². The minimum atomic E-state index is -0.455. The van der Waals surface area contributed by atoms with Crippen LogP contribution in [0.3, 0.4) is 0 Å². The zero-order valence-electron chi connectivity index (χ0n) is 14.7. The monoisotopic (exact) mass is 393 g/mol. The number of esters is 1. The maximum atomic E-state index is 12.4. The van der Waals surface area contributed by atoms with Crippen molar-refractivity contribution in [1.82, 2.24) is 19.7 Å². The number of nitrogens with zero attached hydrogens (tertiary/aromatic N) is 3. The average Bonchev–Trinajstić information content (AvgIpc) is 3.47. The van der Waals surface area contributed by atoms with Crippen molar-refractivity contribution in [3.63, 3.8) is 0 Å². The molecule has 0 radical (unpaired) electrons. The first kappa shape index (κ1) is 17.7. The van der Waals surface area contributed by atoms with E-state index in [-0.39, 0.29) is 11.6 Å². The van der Waals surface area contributed by atoms with E-state index in [0.717, 1.165) is 11.3 Å². The van der Waals surface area contributed by atoms with Crippen LogP contribution in [0.2, 0.25) is 0 Å². The molecule has 4 rings (SSSR count). The van der Waals surface area contributed by atoms with Gasteiger partial charge in [0.25, 0.3) is 5.91 Å². The number of aromatic amines is 1. The van der Waals surface area contributed by atoms with E-state index in [1.54, 1.807) is 34.6 Å². The summed E-state index contributed by atoms with van der Waals surface area (Å²) in [5.74, 6) is -0.802. The van der Waals surface area contributed by atoms with Crippen LogP contribution in [0.4, 0.5) is 5.13 Å². The van der Waals surface area contributed by atoms with E-state index in [2.05, 4.69) is 25.1 Å². The Hall–Kier alpha value is -3.72. The number of aromatic nitrogens is 4. The van der Waals surface area contributed by atoms with E-state index in [9.17, 15) is 9.59 Å². The van der Waals surface area contributed by atoms with Crippen molar-refractivity contribution in [3.8, 4) is 16.9 Å². The number of hydrogen-bond donors (Lipinski definition) is 2. The number of carbonyl (C=O) groups excluding carboxylic acids is 2. The first-order chi connectivity index (χ1) is 13.6. The van der Waals surface area contributed by atoms with Crippen LogP contribution in [-0.2, 0) is 4.74 Å². The molecule has 1 amide bonds. The van der Waals surface area contributed by atoms with Crippen LogP contribution >= 0.6 is 11.3 Å². The first-order valence-corrected chi connectivity index (χ1v) is 9.17. The quantitative estimate of drug-likeness (QED) is 0.506. The molecule has 1 aromatic carbocycles. The predicted molar refractivity (Wildman–Crippen MR) is 105 cm³/mol.